The minimum absolute atomic E-state index is 0. The molecule has 0 unspecified atom stereocenters. The molecule has 0 aliphatic rings. The van der Waals surface area contributed by atoms with Crippen LogP contribution in [-0.2, 0) is 6.54 Å². The zero-order valence-corrected chi connectivity index (χ0v) is 18.9. The Morgan fingerprint density at radius 3 is 2.34 bits per heavy atom. The van der Waals surface area contributed by atoms with E-state index in [0.717, 1.165) is 17.0 Å². The highest BCUT2D eigenvalue weighted by atomic mass is 127. The zero-order valence-electron chi connectivity index (χ0n) is 16.5. The lowest BCUT2D eigenvalue weighted by Crippen LogP contribution is -2.22. The summed E-state index contributed by atoms with van der Waals surface area (Å²) >= 11 is 0. The fourth-order valence-electron chi connectivity index (χ4n) is 2.37. The number of nitrogens with two attached hydrogens (primary N) is 1. The molecule has 2 aromatic carbocycles. The topological polar surface area (TPSA) is 78.1 Å². The lowest BCUT2D eigenvalue weighted by atomic mass is 10.2. The molecule has 0 saturated carbocycles. The summed E-state index contributed by atoms with van der Waals surface area (Å²) in [7, 11) is 0. The van der Waals surface area contributed by atoms with Gasteiger partial charge in [-0.15, -0.1) is 24.0 Å². The number of ether oxygens (including phenoxy) is 3. The normalized spacial score (nSPS) is 11.2. The van der Waals surface area contributed by atoms with E-state index in [0.29, 0.717) is 6.61 Å². The first-order chi connectivity index (χ1) is 13.4. The Labute approximate surface area is 186 Å². The summed E-state index contributed by atoms with van der Waals surface area (Å²) in [6.45, 7) is 3.34. The Morgan fingerprint density at radius 1 is 1.07 bits per heavy atom. The van der Waals surface area contributed by atoms with Gasteiger partial charge in [0.25, 0.3) is 0 Å². The lowest BCUT2D eigenvalue weighted by Gasteiger charge is -2.12. The number of nitrogens with one attached hydrogen (secondary N) is 1. The molecule has 0 saturated heterocycles. The summed E-state index contributed by atoms with van der Waals surface area (Å²) < 4.78 is 40.3. The average Bonchev–Trinajstić information content (AvgIpc) is 2.63. The molecule has 0 radical (unpaired) electrons. The van der Waals surface area contributed by atoms with Gasteiger partial charge in [0.2, 0.25) is 0 Å². The summed E-state index contributed by atoms with van der Waals surface area (Å²) in [5.74, 6) is 1.22. The fourth-order valence-corrected chi connectivity index (χ4v) is 2.37. The number of guanidine groups is 1. The van der Waals surface area contributed by atoms with Crippen LogP contribution in [0.1, 0.15) is 26.3 Å². The molecule has 160 valence electrons. The third kappa shape index (κ3) is 8.71. The summed E-state index contributed by atoms with van der Waals surface area (Å²) in [4.78, 5) is 4.26. The van der Waals surface area contributed by atoms with Gasteiger partial charge in [-0.25, -0.2) is 4.99 Å². The second-order valence-corrected chi connectivity index (χ2v) is 6.11. The molecule has 0 heterocycles. The molecule has 29 heavy (non-hydrogen) atoms. The van der Waals surface area contributed by atoms with E-state index in [2.05, 4.69) is 15.0 Å². The molecule has 0 aliphatic heterocycles. The van der Waals surface area contributed by atoms with Crippen LogP contribution in [0.15, 0.2) is 47.5 Å². The van der Waals surface area contributed by atoms with Crippen LogP contribution in [0.5, 0.6) is 17.2 Å². The second-order valence-electron chi connectivity index (χ2n) is 6.11. The van der Waals surface area contributed by atoms with Gasteiger partial charge in [-0.2, -0.15) is 8.78 Å². The van der Waals surface area contributed by atoms with Gasteiger partial charge in [0.15, 0.2) is 17.5 Å². The van der Waals surface area contributed by atoms with Gasteiger partial charge in [-0.1, -0.05) is 6.07 Å². The summed E-state index contributed by atoms with van der Waals surface area (Å²) in [6.07, 6.45) is 0.101. The molecule has 0 aromatic heterocycles. The van der Waals surface area contributed by atoms with E-state index >= 15 is 0 Å². The molecule has 0 amide bonds. The van der Waals surface area contributed by atoms with Gasteiger partial charge >= 0.3 is 6.61 Å². The molecule has 9 heteroatoms. The Kier molecular flexibility index (Phi) is 10.5. The molecule has 2 aromatic rings. The number of halogens is 3. The van der Waals surface area contributed by atoms with Crippen molar-refractivity contribution in [2.24, 2.45) is 10.7 Å². The van der Waals surface area contributed by atoms with Crippen LogP contribution in [0, 0.1) is 0 Å². The highest BCUT2D eigenvalue weighted by molar-refractivity contribution is 14.0. The molecule has 2 rings (SSSR count). The van der Waals surface area contributed by atoms with E-state index in [1.165, 1.54) is 6.07 Å². The SMILES string of the molecule is CCOc1cc(CN=C(N)Nc2ccc(OC(C)C)cc2)ccc1OC(F)F.I. The number of alkyl halides is 2. The fraction of sp³-hybridized carbons (Fsp3) is 0.350. The molecule has 3 N–H and O–H groups in total. The highest BCUT2D eigenvalue weighted by Crippen LogP contribution is 2.30. The number of anilines is 1. The monoisotopic (exact) mass is 521 g/mol. The van der Waals surface area contributed by atoms with Crippen molar-refractivity contribution in [2.45, 2.75) is 40.0 Å². The van der Waals surface area contributed by atoms with Crippen molar-refractivity contribution in [1.29, 1.82) is 0 Å². The van der Waals surface area contributed by atoms with E-state index < -0.39 is 6.61 Å². The number of hydrogen-bond acceptors (Lipinski definition) is 4. The molecular formula is C20H26F2IN3O3. The Morgan fingerprint density at radius 2 is 1.76 bits per heavy atom. The van der Waals surface area contributed by atoms with E-state index in [1.54, 1.807) is 19.1 Å². The maximum absolute atomic E-state index is 12.5. The standard InChI is InChI=1S/C20H25F2N3O3.HI/c1-4-26-18-11-14(5-10-17(18)28-19(21)22)12-24-20(23)25-15-6-8-16(9-7-15)27-13(2)3;/h5-11,13,19H,4,12H2,1-3H3,(H3,23,24,25);1H. The predicted molar refractivity (Wildman–Crippen MR) is 121 cm³/mol. The van der Waals surface area contributed by atoms with Crippen molar-refractivity contribution in [3.05, 3.63) is 48.0 Å². The summed E-state index contributed by atoms with van der Waals surface area (Å²) in [6, 6.07) is 12.0. The minimum atomic E-state index is -2.92. The molecular weight excluding hydrogens is 495 g/mol. The molecule has 0 aliphatic carbocycles. The van der Waals surface area contributed by atoms with Gasteiger partial charge in [-0.05, 0) is 62.7 Å². The number of hydrogen-bond donors (Lipinski definition) is 2. The van der Waals surface area contributed by atoms with Crippen LogP contribution in [0.3, 0.4) is 0 Å². The molecule has 6 nitrogen and oxygen atoms in total. The van der Waals surface area contributed by atoms with Crippen molar-refractivity contribution in [3.8, 4) is 17.2 Å². The quantitative estimate of drug-likeness (QED) is 0.276. The van der Waals surface area contributed by atoms with Crippen molar-refractivity contribution in [3.63, 3.8) is 0 Å². The number of benzene rings is 2. The zero-order chi connectivity index (χ0) is 20.5. The van der Waals surface area contributed by atoms with Crippen LogP contribution in [0.2, 0.25) is 0 Å². The average molecular weight is 521 g/mol. The maximum atomic E-state index is 12.5. The van der Waals surface area contributed by atoms with E-state index in [4.69, 9.17) is 15.2 Å². The summed E-state index contributed by atoms with van der Waals surface area (Å²) in [5.41, 5.74) is 7.43. The smallest absolute Gasteiger partial charge is 0.387 e. The van der Waals surface area contributed by atoms with Crippen molar-refractivity contribution in [1.82, 2.24) is 0 Å². The van der Waals surface area contributed by atoms with Crippen molar-refractivity contribution < 1.29 is 23.0 Å². The number of rotatable bonds is 9. The van der Waals surface area contributed by atoms with Crippen LogP contribution in [0.4, 0.5) is 14.5 Å². The molecule has 0 atom stereocenters. The predicted octanol–water partition coefficient (Wildman–Crippen LogP) is 5.02. The van der Waals surface area contributed by atoms with Crippen LogP contribution in [-0.4, -0.2) is 25.3 Å². The Bertz CT molecular complexity index is 787. The van der Waals surface area contributed by atoms with Crippen molar-refractivity contribution >= 4 is 35.6 Å². The van der Waals surface area contributed by atoms with Gasteiger partial charge in [0.05, 0.1) is 19.3 Å². The van der Waals surface area contributed by atoms with Crippen LogP contribution in [0.25, 0.3) is 0 Å². The molecule has 0 fully saturated rings. The van der Waals surface area contributed by atoms with E-state index in [1.807, 2.05) is 38.1 Å². The molecule has 0 bridgehead atoms. The largest absolute Gasteiger partial charge is 0.491 e. The first kappa shape index (κ1) is 24.7. The minimum Gasteiger partial charge on any atom is -0.491 e. The second kappa shape index (κ2) is 12.3. The first-order valence-corrected chi connectivity index (χ1v) is 8.91. The van der Waals surface area contributed by atoms with E-state index in [9.17, 15) is 8.78 Å². The Hall–Kier alpha value is -2.30. The summed E-state index contributed by atoms with van der Waals surface area (Å²) in [5, 5.41) is 2.99. The van der Waals surface area contributed by atoms with Crippen LogP contribution >= 0.6 is 24.0 Å². The molecule has 0 spiro atoms. The first-order valence-electron chi connectivity index (χ1n) is 8.91. The van der Waals surface area contributed by atoms with Gasteiger partial charge in [0.1, 0.15) is 5.75 Å². The maximum Gasteiger partial charge on any atom is 0.387 e. The van der Waals surface area contributed by atoms with Gasteiger partial charge < -0.3 is 25.3 Å². The van der Waals surface area contributed by atoms with Gasteiger partial charge in [-0.3, -0.25) is 0 Å². The number of nitrogens with zero attached hydrogens (tertiary/aromatic N) is 1. The Balaban J connectivity index is 0.00000420. The third-order valence-corrected chi connectivity index (χ3v) is 3.45. The van der Waals surface area contributed by atoms with Crippen LogP contribution < -0.4 is 25.3 Å². The van der Waals surface area contributed by atoms with Crippen molar-refractivity contribution in [2.75, 3.05) is 11.9 Å². The lowest BCUT2D eigenvalue weighted by molar-refractivity contribution is -0.0514. The van der Waals surface area contributed by atoms with Gasteiger partial charge in [0, 0.05) is 5.69 Å². The van der Waals surface area contributed by atoms with E-state index in [-0.39, 0.29) is 54.1 Å². The number of aliphatic imine (C=N–C) groups is 1. The third-order valence-electron chi connectivity index (χ3n) is 3.45. The highest BCUT2D eigenvalue weighted by Gasteiger charge is 2.11.